The highest BCUT2D eigenvalue weighted by molar-refractivity contribution is 9.10. The Morgan fingerprint density at radius 2 is 1.30 bits per heavy atom. The number of benzene rings is 2. The normalized spacial score (nSPS) is 15.8. The van der Waals surface area contributed by atoms with Gasteiger partial charge in [-0.15, -0.1) is 0 Å². The van der Waals surface area contributed by atoms with Crippen molar-refractivity contribution >= 4 is 39.4 Å². The minimum Gasteiger partial charge on any atom is -0.492 e. The van der Waals surface area contributed by atoms with Gasteiger partial charge in [-0.05, 0) is 68.0 Å². The topological polar surface area (TPSA) is 54.7 Å². The fourth-order valence-electron chi connectivity index (χ4n) is 5.35. The van der Waals surface area contributed by atoms with Crippen LogP contribution in [-0.2, 0) is 9.31 Å². The molecule has 0 unspecified atom stereocenters. The number of hydrogen-bond acceptors (Lipinski definition) is 5. The number of halogens is 1. The van der Waals surface area contributed by atoms with Crippen molar-refractivity contribution in [1.82, 2.24) is 9.78 Å². The first kappa shape index (κ1) is 33.9. The van der Waals surface area contributed by atoms with E-state index in [1.807, 2.05) is 16.8 Å². The first-order chi connectivity index (χ1) is 20.6. The van der Waals surface area contributed by atoms with E-state index in [-0.39, 0.29) is 11.2 Å². The molecule has 1 aliphatic heterocycles. The third kappa shape index (κ3) is 9.01. The molecule has 8 heteroatoms. The van der Waals surface area contributed by atoms with Gasteiger partial charge in [-0.2, -0.15) is 5.10 Å². The molecule has 0 radical (unpaired) electrons. The second kappa shape index (κ2) is 15.8. The van der Waals surface area contributed by atoms with Gasteiger partial charge in [0.2, 0.25) is 0 Å². The van der Waals surface area contributed by atoms with Crippen LogP contribution in [0.5, 0.6) is 11.5 Å². The minimum atomic E-state index is -0.413. The maximum atomic E-state index is 6.37. The molecular weight excluding hydrogens is 603 g/mol. The van der Waals surface area contributed by atoms with Gasteiger partial charge in [-0.1, -0.05) is 90.2 Å². The molecule has 236 valence electrons. The summed E-state index contributed by atoms with van der Waals surface area (Å²) in [4.78, 5) is 0. The molecule has 0 amide bonds. The summed E-state index contributed by atoms with van der Waals surface area (Å²) < 4.78 is 28.1. The number of aromatic nitrogens is 2. The lowest BCUT2D eigenvalue weighted by Crippen LogP contribution is -2.41. The zero-order valence-corrected chi connectivity index (χ0v) is 28.9. The van der Waals surface area contributed by atoms with Crippen molar-refractivity contribution in [1.29, 1.82) is 0 Å². The van der Waals surface area contributed by atoms with Crippen LogP contribution < -0.4 is 14.9 Å². The molecule has 0 N–H and O–H groups in total. The number of unbranched alkanes of at least 4 members (excludes halogenated alkanes) is 10. The Morgan fingerprint density at radius 3 is 1.91 bits per heavy atom. The average Bonchev–Trinajstić information content (AvgIpc) is 3.49. The van der Waals surface area contributed by atoms with Crippen molar-refractivity contribution in [3.8, 4) is 17.2 Å². The molecule has 3 aromatic rings. The van der Waals surface area contributed by atoms with Crippen LogP contribution in [0.2, 0.25) is 0 Å². The van der Waals surface area contributed by atoms with Crippen LogP contribution in [0.25, 0.3) is 16.6 Å². The van der Waals surface area contributed by atoms with Gasteiger partial charge in [0.15, 0.2) is 0 Å². The average molecular weight is 656 g/mol. The lowest BCUT2D eigenvalue weighted by molar-refractivity contribution is 0.00578. The standard InChI is InChI=1S/C35H52BBrN2O4/c1-7-9-11-13-15-17-21-40-32-25-31(33(24-29(32)37)41-22-18-16-14-12-10-8-2)39-26-27-23-28(19-20-30(27)38-39)36-42-34(3,4)35(5,6)43-36/h19-20,23-26H,7-18,21-22H2,1-6H3. The summed E-state index contributed by atoms with van der Waals surface area (Å²) in [5, 5.41) is 5.96. The van der Waals surface area contributed by atoms with Gasteiger partial charge >= 0.3 is 7.12 Å². The fraction of sp³-hybridized carbons (Fsp3) is 0.629. The molecule has 0 spiro atoms. The van der Waals surface area contributed by atoms with Crippen LogP contribution in [0, 0.1) is 0 Å². The van der Waals surface area contributed by atoms with Crippen molar-refractivity contribution in [2.45, 2.75) is 130 Å². The number of fused-ring (bicyclic) bond motifs is 1. The Balaban J connectivity index is 1.53. The van der Waals surface area contributed by atoms with Gasteiger partial charge in [0.1, 0.15) is 17.2 Å². The Hall–Kier alpha value is -2.03. The lowest BCUT2D eigenvalue weighted by Gasteiger charge is -2.32. The van der Waals surface area contributed by atoms with E-state index < -0.39 is 7.12 Å². The van der Waals surface area contributed by atoms with Crippen LogP contribution in [-0.4, -0.2) is 41.3 Å². The van der Waals surface area contributed by atoms with Crippen LogP contribution >= 0.6 is 15.9 Å². The highest BCUT2D eigenvalue weighted by atomic mass is 79.9. The number of nitrogens with zero attached hydrogens (tertiary/aromatic N) is 2. The maximum absolute atomic E-state index is 6.37. The second-order valence-electron chi connectivity index (χ2n) is 13.0. The molecule has 0 aliphatic carbocycles. The SMILES string of the molecule is CCCCCCCCOc1cc(-n2cc3cc(B4OC(C)(C)C(C)(C)O4)ccc3n2)c(OCCCCCCCC)cc1Br. The minimum absolute atomic E-state index is 0.387. The molecular formula is C35H52BBrN2O4. The summed E-state index contributed by atoms with van der Waals surface area (Å²) >= 11 is 3.75. The quantitative estimate of drug-likeness (QED) is 0.101. The van der Waals surface area contributed by atoms with E-state index in [9.17, 15) is 0 Å². The largest absolute Gasteiger partial charge is 0.494 e. The van der Waals surface area contributed by atoms with E-state index in [2.05, 4.69) is 81.9 Å². The van der Waals surface area contributed by atoms with Gasteiger partial charge in [0.25, 0.3) is 0 Å². The van der Waals surface area contributed by atoms with E-state index in [0.717, 1.165) is 50.9 Å². The first-order valence-corrected chi connectivity index (χ1v) is 17.4. The summed E-state index contributed by atoms with van der Waals surface area (Å²) in [5.41, 5.74) is 1.99. The van der Waals surface area contributed by atoms with Gasteiger partial charge in [0, 0.05) is 23.7 Å². The number of rotatable bonds is 18. The van der Waals surface area contributed by atoms with Crippen molar-refractivity contribution in [2.24, 2.45) is 0 Å². The molecule has 2 heterocycles. The fourth-order valence-corrected chi connectivity index (χ4v) is 5.79. The third-order valence-corrected chi connectivity index (χ3v) is 9.44. The summed E-state index contributed by atoms with van der Waals surface area (Å²) in [6.45, 7) is 14.2. The lowest BCUT2D eigenvalue weighted by atomic mass is 9.79. The third-order valence-electron chi connectivity index (χ3n) is 8.83. The van der Waals surface area contributed by atoms with E-state index in [1.54, 1.807) is 0 Å². The van der Waals surface area contributed by atoms with Crippen LogP contribution in [0.3, 0.4) is 0 Å². The van der Waals surface area contributed by atoms with Gasteiger partial charge in [-0.3, -0.25) is 0 Å². The summed E-state index contributed by atoms with van der Waals surface area (Å²) in [6, 6.07) is 10.3. The Bertz CT molecular complexity index is 1290. The van der Waals surface area contributed by atoms with Gasteiger partial charge < -0.3 is 18.8 Å². The summed E-state index contributed by atoms with van der Waals surface area (Å²) in [7, 11) is -0.413. The predicted molar refractivity (Wildman–Crippen MR) is 182 cm³/mol. The molecule has 2 aromatic carbocycles. The molecule has 1 aliphatic rings. The molecule has 1 saturated heterocycles. The van der Waals surface area contributed by atoms with E-state index in [1.165, 1.54) is 64.2 Å². The molecule has 0 saturated carbocycles. The van der Waals surface area contributed by atoms with Crippen LogP contribution in [0.1, 0.15) is 119 Å². The Morgan fingerprint density at radius 1 is 0.744 bits per heavy atom. The molecule has 4 rings (SSSR count). The zero-order valence-electron chi connectivity index (χ0n) is 27.3. The summed E-state index contributed by atoms with van der Waals surface area (Å²) in [5.74, 6) is 1.61. The first-order valence-electron chi connectivity index (χ1n) is 16.6. The Labute approximate surface area is 268 Å². The van der Waals surface area contributed by atoms with Crippen molar-refractivity contribution in [3.05, 3.63) is 41.0 Å². The van der Waals surface area contributed by atoms with Crippen LogP contribution in [0.15, 0.2) is 41.0 Å². The number of hydrogen-bond donors (Lipinski definition) is 0. The Kier molecular flexibility index (Phi) is 12.4. The summed E-state index contributed by atoms with van der Waals surface area (Å²) in [6.07, 6.45) is 16.8. The predicted octanol–water partition coefficient (Wildman–Crippen LogP) is 9.57. The maximum Gasteiger partial charge on any atom is 0.494 e. The monoisotopic (exact) mass is 654 g/mol. The van der Waals surface area contributed by atoms with Crippen LogP contribution in [0.4, 0.5) is 0 Å². The zero-order chi connectivity index (χ0) is 30.9. The molecule has 1 fully saturated rings. The highest BCUT2D eigenvalue weighted by Crippen LogP contribution is 2.38. The van der Waals surface area contributed by atoms with Gasteiger partial charge in [-0.25, -0.2) is 4.68 Å². The second-order valence-corrected chi connectivity index (χ2v) is 13.8. The highest BCUT2D eigenvalue weighted by Gasteiger charge is 2.51. The number of ether oxygens (including phenoxy) is 2. The molecule has 1 aromatic heterocycles. The molecule has 6 nitrogen and oxygen atoms in total. The van der Waals surface area contributed by atoms with Crippen molar-refractivity contribution in [3.63, 3.8) is 0 Å². The molecule has 0 atom stereocenters. The van der Waals surface area contributed by atoms with E-state index in [4.69, 9.17) is 23.9 Å². The van der Waals surface area contributed by atoms with E-state index >= 15 is 0 Å². The molecule has 0 bridgehead atoms. The van der Waals surface area contributed by atoms with Crippen molar-refractivity contribution in [2.75, 3.05) is 13.2 Å². The van der Waals surface area contributed by atoms with Gasteiger partial charge in [0.05, 0.1) is 34.4 Å². The molecule has 43 heavy (non-hydrogen) atoms. The van der Waals surface area contributed by atoms with E-state index in [0.29, 0.717) is 13.2 Å². The van der Waals surface area contributed by atoms with Crippen molar-refractivity contribution < 1.29 is 18.8 Å². The smallest absolute Gasteiger partial charge is 0.492 e.